The molecule has 0 rings (SSSR count). The standard InChI is InChI=1S/C7H14NOSe/c1-5(2)8(6(3)4)7(9)10/h5-6H,1-4H3. The Hall–Kier alpha value is -0.0105. The van der Waals surface area contributed by atoms with E-state index in [4.69, 9.17) is 0 Å². The molecule has 0 fully saturated rings. The SMILES string of the molecule is CC(C)N(C(=O)[Se])C(C)C. The predicted octanol–water partition coefficient (Wildman–Crippen LogP) is 1.39. The molecule has 0 saturated carbocycles. The molecule has 1 amide bonds. The zero-order valence-corrected chi connectivity index (χ0v) is 8.63. The Bertz CT molecular complexity index is 115. The van der Waals surface area contributed by atoms with Crippen LogP contribution in [0.4, 0.5) is 4.79 Å². The number of carbonyl (C=O) groups excluding carboxylic acids is 1. The van der Waals surface area contributed by atoms with Crippen molar-refractivity contribution in [2.75, 3.05) is 0 Å². The van der Waals surface area contributed by atoms with Gasteiger partial charge in [-0.05, 0) is 0 Å². The summed E-state index contributed by atoms with van der Waals surface area (Å²) in [6.45, 7) is 8.04. The summed E-state index contributed by atoms with van der Waals surface area (Å²) in [6.07, 6.45) is 0. The van der Waals surface area contributed by atoms with Crippen LogP contribution in [-0.4, -0.2) is 37.8 Å². The van der Waals surface area contributed by atoms with Crippen molar-refractivity contribution in [1.82, 2.24) is 4.90 Å². The van der Waals surface area contributed by atoms with Gasteiger partial charge in [0.2, 0.25) is 0 Å². The van der Waals surface area contributed by atoms with Gasteiger partial charge >= 0.3 is 70.3 Å². The normalized spacial score (nSPS) is 10.6. The molecular weight excluding hydrogens is 193 g/mol. The van der Waals surface area contributed by atoms with Gasteiger partial charge in [-0.2, -0.15) is 0 Å². The minimum absolute atomic E-state index is 0.0324. The Balaban J connectivity index is 4.12. The fourth-order valence-electron chi connectivity index (χ4n) is 1.02. The molecule has 1 radical (unpaired) electrons. The second kappa shape index (κ2) is 3.99. The van der Waals surface area contributed by atoms with Gasteiger partial charge in [-0.3, -0.25) is 0 Å². The van der Waals surface area contributed by atoms with Gasteiger partial charge in [0.15, 0.2) is 0 Å². The predicted molar refractivity (Wildman–Crippen MR) is 43.3 cm³/mol. The second-order valence-electron chi connectivity index (χ2n) is 2.86. The summed E-state index contributed by atoms with van der Waals surface area (Å²) in [5, 5.41) is 0. The molecule has 3 heteroatoms. The first-order valence-electron chi connectivity index (χ1n) is 3.46. The molecule has 0 bridgehead atoms. The maximum atomic E-state index is 10.9. The van der Waals surface area contributed by atoms with Gasteiger partial charge < -0.3 is 0 Å². The first-order chi connectivity index (χ1) is 4.46. The summed E-state index contributed by atoms with van der Waals surface area (Å²) >= 11 is 2.49. The van der Waals surface area contributed by atoms with E-state index in [0.29, 0.717) is 0 Å². The Kier molecular flexibility index (Phi) is 3.99. The summed E-state index contributed by atoms with van der Waals surface area (Å²) in [5.74, 6) is 0. The summed E-state index contributed by atoms with van der Waals surface area (Å²) in [7, 11) is 0. The van der Waals surface area contributed by atoms with E-state index in [0.717, 1.165) is 0 Å². The van der Waals surface area contributed by atoms with E-state index in [1.165, 1.54) is 0 Å². The zero-order chi connectivity index (χ0) is 8.31. The number of amides is 1. The van der Waals surface area contributed by atoms with Crippen molar-refractivity contribution in [2.45, 2.75) is 39.8 Å². The molecular formula is C7H14NOSe. The molecule has 0 heterocycles. The molecule has 0 atom stereocenters. The van der Waals surface area contributed by atoms with Crippen LogP contribution in [0.2, 0.25) is 0 Å². The summed E-state index contributed by atoms with van der Waals surface area (Å²) in [4.78, 5) is 12.7. The molecule has 0 aliphatic heterocycles. The molecule has 0 aliphatic rings. The van der Waals surface area contributed by atoms with Crippen molar-refractivity contribution >= 4 is 20.8 Å². The molecule has 0 aromatic carbocycles. The average Bonchev–Trinajstić information content (AvgIpc) is 1.59. The summed E-state index contributed by atoms with van der Waals surface area (Å²) < 4.78 is 0. The van der Waals surface area contributed by atoms with Gasteiger partial charge in [0.05, 0.1) is 0 Å². The molecule has 0 unspecified atom stereocenters. The third-order valence-electron chi connectivity index (χ3n) is 1.32. The van der Waals surface area contributed by atoms with E-state index in [1.54, 1.807) is 4.90 Å². The number of hydrogen-bond acceptors (Lipinski definition) is 1. The third kappa shape index (κ3) is 2.72. The van der Waals surface area contributed by atoms with Crippen LogP contribution in [0.15, 0.2) is 0 Å². The Morgan fingerprint density at radius 3 is 1.50 bits per heavy atom. The van der Waals surface area contributed by atoms with Crippen LogP contribution in [0.25, 0.3) is 0 Å². The average molecular weight is 207 g/mol. The summed E-state index contributed by atoms with van der Waals surface area (Å²) in [5.41, 5.74) is 0. The van der Waals surface area contributed by atoms with Crippen LogP contribution < -0.4 is 0 Å². The van der Waals surface area contributed by atoms with E-state index in [9.17, 15) is 4.79 Å². The minimum atomic E-state index is 0.0324. The van der Waals surface area contributed by atoms with Crippen molar-refractivity contribution in [3.63, 3.8) is 0 Å². The van der Waals surface area contributed by atoms with E-state index < -0.39 is 0 Å². The molecule has 59 valence electrons. The molecule has 0 N–H and O–H groups in total. The van der Waals surface area contributed by atoms with Crippen LogP contribution in [0.3, 0.4) is 0 Å². The number of carbonyl (C=O) groups is 1. The number of rotatable bonds is 2. The first kappa shape index (κ1) is 9.99. The van der Waals surface area contributed by atoms with Crippen molar-refractivity contribution in [3.05, 3.63) is 0 Å². The van der Waals surface area contributed by atoms with Crippen molar-refractivity contribution < 1.29 is 4.79 Å². The van der Waals surface area contributed by atoms with Gasteiger partial charge in [-0.25, -0.2) is 0 Å². The van der Waals surface area contributed by atoms with E-state index in [1.807, 2.05) is 27.7 Å². The fourth-order valence-corrected chi connectivity index (χ4v) is 1.90. The fraction of sp³-hybridized carbons (Fsp3) is 0.857. The quantitative estimate of drug-likeness (QED) is 0.626. The van der Waals surface area contributed by atoms with Crippen LogP contribution in [0.5, 0.6) is 0 Å². The molecule has 10 heavy (non-hydrogen) atoms. The van der Waals surface area contributed by atoms with Crippen molar-refractivity contribution in [3.8, 4) is 0 Å². The molecule has 0 aromatic rings. The Morgan fingerprint density at radius 1 is 1.20 bits per heavy atom. The number of hydrogen-bond donors (Lipinski definition) is 0. The maximum absolute atomic E-state index is 10.9. The zero-order valence-electron chi connectivity index (χ0n) is 6.92. The van der Waals surface area contributed by atoms with Gasteiger partial charge in [0, 0.05) is 0 Å². The van der Waals surface area contributed by atoms with Crippen molar-refractivity contribution in [2.24, 2.45) is 0 Å². The summed E-state index contributed by atoms with van der Waals surface area (Å²) in [6, 6.07) is 0.572. The van der Waals surface area contributed by atoms with Crippen LogP contribution >= 0.6 is 0 Å². The van der Waals surface area contributed by atoms with E-state index in [2.05, 4.69) is 16.0 Å². The monoisotopic (exact) mass is 208 g/mol. The molecule has 0 spiro atoms. The first-order valence-corrected chi connectivity index (χ1v) is 4.31. The van der Waals surface area contributed by atoms with Crippen molar-refractivity contribution in [1.29, 1.82) is 0 Å². The van der Waals surface area contributed by atoms with E-state index in [-0.39, 0.29) is 16.9 Å². The van der Waals surface area contributed by atoms with Gasteiger partial charge in [0.1, 0.15) is 0 Å². The van der Waals surface area contributed by atoms with Crippen LogP contribution in [0.1, 0.15) is 27.7 Å². The van der Waals surface area contributed by atoms with Gasteiger partial charge in [-0.15, -0.1) is 0 Å². The Labute approximate surface area is 70.8 Å². The molecule has 0 aliphatic carbocycles. The second-order valence-corrected chi connectivity index (χ2v) is 3.59. The molecule has 0 aromatic heterocycles. The van der Waals surface area contributed by atoms with Gasteiger partial charge in [0.25, 0.3) is 0 Å². The third-order valence-corrected chi connectivity index (χ3v) is 1.77. The molecule has 0 saturated heterocycles. The molecule has 2 nitrogen and oxygen atoms in total. The van der Waals surface area contributed by atoms with Crippen LogP contribution in [0, 0.1) is 0 Å². The topological polar surface area (TPSA) is 20.3 Å². The van der Waals surface area contributed by atoms with E-state index >= 15 is 0 Å². The van der Waals surface area contributed by atoms with Gasteiger partial charge in [-0.1, -0.05) is 0 Å². The number of nitrogens with zero attached hydrogens (tertiary/aromatic N) is 1. The Morgan fingerprint density at radius 2 is 1.50 bits per heavy atom. The van der Waals surface area contributed by atoms with Crippen LogP contribution in [-0.2, 0) is 0 Å².